The van der Waals surface area contributed by atoms with Crippen LogP contribution >= 0.6 is 0 Å². The number of hydrogen-bond donors (Lipinski definition) is 3. The normalized spacial score (nSPS) is 13.2. The van der Waals surface area contributed by atoms with E-state index in [1.165, 1.54) is 6.92 Å². The van der Waals surface area contributed by atoms with Crippen LogP contribution in [0.3, 0.4) is 0 Å². The van der Waals surface area contributed by atoms with Crippen LogP contribution in [0.2, 0.25) is 0 Å². The SMILES string of the molecule is CCCCC(Nc1ccc(C(=O)N[C@H](C)C(=O)O)cc1)c1ccc(-c2nnc(C(F)(F)F)o2)cc1. The third-order valence-electron chi connectivity index (χ3n) is 5.28. The summed E-state index contributed by atoms with van der Waals surface area (Å²) in [5, 5.41) is 21.3. The highest BCUT2D eigenvalue weighted by Crippen LogP contribution is 2.31. The number of nitrogens with zero attached hydrogens (tertiary/aromatic N) is 2. The fraction of sp³-hybridized carbons (Fsp3) is 0.333. The van der Waals surface area contributed by atoms with Gasteiger partial charge in [0.05, 0.1) is 6.04 Å². The Bertz CT molecular complexity index is 1140. The molecule has 2 aromatic carbocycles. The number of nitrogens with one attached hydrogen (secondary N) is 2. The Morgan fingerprint density at radius 1 is 1.06 bits per heavy atom. The number of anilines is 1. The van der Waals surface area contributed by atoms with E-state index in [9.17, 15) is 22.8 Å². The third kappa shape index (κ3) is 6.81. The molecule has 186 valence electrons. The van der Waals surface area contributed by atoms with Crippen LogP contribution in [-0.4, -0.2) is 33.2 Å². The van der Waals surface area contributed by atoms with E-state index in [2.05, 4.69) is 27.8 Å². The first-order chi connectivity index (χ1) is 16.6. The molecule has 0 saturated carbocycles. The zero-order chi connectivity index (χ0) is 25.6. The molecule has 0 fully saturated rings. The Morgan fingerprint density at radius 2 is 1.71 bits per heavy atom. The average Bonchev–Trinajstić information content (AvgIpc) is 3.33. The summed E-state index contributed by atoms with van der Waals surface area (Å²) in [5.41, 5.74) is 2.37. The van der Waals surface area contributed by atoms with Crippen molar-refractivity contribution in [3.63, 3.8) is 0 Å². The molecule has 3 rings (SSSR count). The molecule has 0 bridgehead atoms. The molecule has 3 N–H and O–H groups in total. The van der Waals surface area contributed by atoms with Gasteiger partial charge >= 0.3 is 18.0 Å². The second-order valence-electron chi connectivity index (χ2n) is 7.98. The van der Waals surface area contributed by atoms with E-state index < -0.39 is 30.0 Å². The van der Waals surface area contributed by atoms with Gasteiger partial charge in [-0.3, -0.25) is 9.59 Å². The van der Waals surface area contributed by atoms with Gasteiger partial charge in [-0.2, -0.15) is 13.2 Å². The molecule has 0 aliphatic rings. The van der Waals surface area contributed by atoms with E-state index in [1.807, 2.05) is 0 Å². The van der Waals surface area contributed by atoms with Gasteiger partial charge in [0.1, 0.15) is 6.04 Å². The molecule has 1 unspecified atom stereocenters. The van der Waals surface area contributed by atoms with Crippen LogP contribution in [0.1, 0.15) is 61.0 Å². The number of benzene rings is 2. The minimum Gasteiger partial charge on any atom is -0.480 e. The van der Waals surface area contributed by atoms with Crippen LogP contribution in [0.15, 0.2) is 52.9 Å². The van der Waals surface area contributed by atoms with Gasteiger partial charge in [0.15, 0.2) is 0 Å². The highest BCUT2D eigenvalue weighted by Gasteiger charge is 2.38. The highest BCUT2D eigenvalue weighted by atomic mass is 19.4. The molecule has 11 heteroatoms. The summed E-state index contributed by atoms with van der Waals surface area (Å²) in [6.45, 7) is 3.45. The lowest BCUT2D eigenvalue weighted by Crippen LogP contribution is -2.38. The summed E-state index contributed by atoms with van der Waals surface area (Å²) in [7, 11) is 0. The lowest BCUT2D eigenvalue weighted by Gasteiger charge is -2.21. The molecule has 1 amide bonds. The third-order valence-corrected chi connectivity index (χ3v) is 5.28. The number of rotatable bonds is 10. The summed E-state index contributed by atoms with van der Waals surface area (Å²) < 4.78 is 42.9. The van der Waals surface area contributed by atoms with Crippen LogP contribution < -0.4 is 10.6 Å². The molecule has 2 atom stereocenters. The second-order valence-corrected chi connectivity index (χ2v) is 7.98. The molecule has 0 aliphatic heterocycles. The second kappa shape index (κ2) is 11.0. The summed E-state index contributed by atoms with van der Waals surface area (Å²) in [6, 6.07) is 12.4. The number of carboxylic acid groups (broad SMARTS) is 1. The smallest absolute Gasteiger partial charge is 0.470 e. The minimum absolute atomic E-state index is 0.0934. The van der Waals surface area contributed by atoms with Crippen LogP contribution in [-0.2, 0) is 11.0 Å². The predicted octanol–water partition coefficient (Wildman–Crippen LogP) is 5.30. The van der Waals surface area contributed by atoms with Crippen molar-refractivity contribution >= 4 is 17.6 Å². The van der Waals surface area contributed by atoms with Crippen LogP contribution in [0.25, 0.3) is 11.5 Å². The number of amides is 1. The first-order valence-electron chi connectivity index (χ1n) is 11.0. The molecule has 3 aromatic rings. The summed E-state index contributed by atoms with van der Waals surface area (Å²) in [6.07, 6.45) is -2.00. The largest absolute Gasteiger partial charge is 0.480 e. The minimum atomic E-state index is -4.70. The summed E-state index contributed by atoms with van der Waals surface area (Å²) in [5.74, 6) is -3.22. The van der Waals surface area contributed by atoms with Gasteiger partial charge in [-0.15, -0.1) is 10.2 Å². The number of aromatic nitrogens is 2. The zero-order valence-corrected chi connectivity index (χ0v) is 19.1. The zero-order valence-electron chi connectivity index (χ0n) is 19.1. The van der Waals surface area contributed by atoms with Gasteiger partial charge < -0.3 is 20.2 Å². The number of aliphatic carboxylic acids is 1. The van der Waals surface area contributed by atoms with Crippen molar-refractivity contribution in [3.05, 3.63) is 65.5 Å². The average molecular weight is 490 g/mol. The fourth-order valence-corrected chi connectivity index (χ4v) is 3.30. The van der Waals surface area contributed by atoms with Crippen molar-refractivity contribution in [3.8, 4) is 11.5 Å². The Labute approximate surface area is 199 Å². The highest BCUT2D eigenvalue weighted by molar-refractivity contribution is 5.96. The molecule has 0 saturated heterocycles. The molecule has 0 aliphatic carbocycles. The number of hydrogen-bond acceptors (Lipinski definition) is 6. The number of carbonyl (C=O) groups is 2. The lowest BCUT2D eigenvalue weighted by molar-refractivity contribution is -0.157. The Balaban J connectivity index is 1.73. The van der Waals surface area contributed by atoms with Crippen molar-refractivity contribution in [2.45, 2.75) is 51.4 Å². The number of unbranched alkanes of at least 4 members (excludes halogenated alkanes) is 1. The Hall–Kier alpha value is -3.89. The number of carbonyl (C=O) groups excluding carboxylic acids is 1. The van der Waals surface area contributed by atoms with Gasteiger partial charge in [-0.05, 0) is 55.3 Å². The van der Waals surface area contributed by atoms with Crippen molar-refractivity contribution < 1.29 is 32.3 Å². The molecule has 1 heterocycles. The lowest BCUT2D eigenvalue weighted by atomic mass is 9.99. The van der Waals surface area contributed by atoms with E-state index in [0.717, 1.165) is 30.5 Å². The van der Waals surface area contributed by atoms with Gasteiger partial charge in [0.25, 0.3) is 5.91 Å². The molecule has 0 spiro atoms. The number of alkyl halides is 3. The van der Waals surface area contributed by atoms with Gasteiger partial charge in [0.2, 0.25) is 5.89 Å². The van der Waals surface area contributed by atoms with E-state index in [1.54, 1.807) is 48.5 Å². The monoisotopic (exact) mass is 490 g/mol. The maximum Gasteiger partial charge on any atom is 0.470 e. The molecule has 1 aromatic heterocycles. The van der Waals surface area contributed by atoms with Crippen molar-refractivity contribution in [1.29, 1.82) is 0 Å². The maximum atomic E-state index is 12.7. The van der Waals surface area contributed by atoms with E-state index >= 15 is 0 Å². The quantitative estimate of drug-likeness (QED) is 0.353. The Morgan fingerprint density at radius 3 is 2.26 bits per heavy atom. The van der Waals surface area contributed by atoms with Crippen molar-refractivity contribution in [1.82, 2.24) is 15.5 Å². The maximum absolute atomic E-state index is 12.7. The van der Waals surface area contributed by atoms with E-state index in [4.69, 9.17) is 9.52 Å². The standard InChI is InChI=1S/C24H25F3N4O4/c1-3-4-5-19(29-18-12-10-16(11-13-18)20(32)28-14(2)22(33)34)15-6-8-17(9-7-15)21-30-31-23(35-21)24(25,26)27/h6-14,19,29H,3-5H2,1-2H3,(H,28,32)(H,33,34)/t14-,19?/m1/s1. The van der Waals surface area contributed by atoms with Crippen molar-refractivity contribution in [2.24, 2.45) is 0 Å². The van der Waals surface area contributed by atoms with Gasteiger partial charge in [-0.25, -0.2) is 0 Å². The van der Waals surface area contributed by atoms with E-state index in [0.29, 0.717) is 11.1 Å². The molecule has 35 heavy (non-hydrogen) atoms. The van der Waals surface area contributed by atoms with Crippen LogP contribution in [0.5, 0.6) is 0 Å². The summed E-state index contributed by atoms with van der Waals surface area (Å²) in [4.78, 5) is 23.1. The summed E-state index contributed by atoms with van der Waals surface area (Å²) >= 11 is 0. The topological polar surface area (TPSA) is 117 Å². The molecular formula is C24H25F3N4O4. The Kier molecular flexibility index (Phi) is 8.10. The van der Waals surface area contributed by atoms with E-state index in [-0.39, 0.29) is 11.9 Å². The molecule has 0 radical (unpaired) electrons. The molecular weight excluding hydrogens is 465 g/mol. The van der Waals surface area contributed by atoms with Crippen LogP contribution in [0, 0.1) is 0 Å². The van der Waals surface area contributed by atoms with Crippen LogP contribution in [0.4, 0.5) is 18.9 Å². The van der Waals surface area contributed by atoms with Crippen molar-refractivity contribution in [2.75, 3.05) is 5.32 Å². The number of halogens is 3. The predicted molar refractivity (Wildman–Crippen MR) is 122 cm³/mol. The first-order valence-corrected chi connectivity index (χ1v) is 11.0. The fourth-order valence-electron chi connectivity index (χ4n) is 3.30. The first kappa shape index (κ1) is 25.7. The molecule has 8 nitrogen and oxygen atoms in total. The van der Waals surface area contributed by atoms with Gasteiger partial charge in [-0.1, -0.05) is 31.9 Å². The van der Waals surface area contributed by atoms with Gasteiger partial charge in [0, 0.05) is 16.8 Å². The number of carboxylic acids is 1.